The molecule has 0 radical (unpaired) electrons. The Morgan fingerprint density at radius 3 is 2.71 bits per heavy atom. The summed E-state index contributed by atoms with van der Waals surface area (Å²) in [4.78, 5) is 27.2. The van der Waals surface area contributed by atoms with Crippen LogP contribution < -0.4 is 5.32 Å². The molecule has 2 amide bonds. The topological polar surface area (TPSA) is 58.6 Å². The zero-order chi connectivity index (χ0) is 16.6. The molecular weight excluding hydrogens is 324 g/mol. The predicted octanol–water partition coefficient (Wildman–Crippen LogP) is 2.43. The highest BCUT2D eigenvalue weighted by Crippen LogP contribution is 2.36. The van der Waals surface area contributed by atoms with E-state index in [-0.39, 0.29) is 29.4 Å². The highest BCUT2D eigenvalue weighted by molar-refractivity contribution is 7.12. The Kier molecular flexibility index (Phi) is 4.35. The van der Waals surface area contributed by atoms with Crippen molar-refractivity contribution in [1.82, 2.24) is 10.2 Å². The number of hydrogen-bond donors (Lipinski definition) is 1. The van der Waals surface area contributed by atoms with Gasteiger partial charge in [0.05, 0.1) is 10.5 Å². The summed E-state index contributed by atoms with van der Waals surface area (Å²) < 4.78 is 6.13. The molecule has 1 spiro atoms. The van der Waals surface area contributed by atoms with E-state index in [2.05, 4.69) is 5.32 Å². The number of piperidine rings is 1. The van der Waals surface area contributed by atoms with Crippen LogP contribution >= 0.6 is 11.3 Å². The van der Waals surface area contributed by atoms with E-state index in [4.69, 9.17) is 4.74 Å². The van der Waals surface area contributed by atoms with Crippen LogP contribution in [0.25, 0.3) is 0 Å². The quantitative estimate of drug-likeness (QED) is 0.913. The van der Waals surface area contributed by atoms with Crippen molar-refractivity contribution in [2.75, 3.05) is 19.7 Å². The molecule has 3 aliphatic rings. The van der Waals surface area contributed by atoms with Crippen molar-refractivity contribution in [3.05, 3.63) is 22.4 Å². The molecule has 5 nitrogen and oxygen atoms in total. The molecule has 1 aromatic rings. The third kappa shape index (κ3) is 3.35. The van der Waals surface area contributed by atoms with Crippen LogP contribution in [0.5, 0.6) is 0 Å². The standard InChI is InChI=1S/C18H24N2O3S/c21-16(13-3-4-13)19-14-5-10-23-18(12-14)6-8-20(9-7-18)17(22)15-2-1-11-24-15/h1-2,11,13-14H,3-10,12H2,(H,19,21)/t14-/m0/s1. The molecule has 3 fully saturated rings. The number of carbonyl (C=O) groups is 2. The number of rotatable bonds is 3. The lowest BCUT2D eigenvalue weighted by atomic mass is 9.82. The fraction of sp³-hybridized carbons (Fsp3) is 0.667. The normalized spacial score (nSPS) is 26.3. The number of amides is 2. The van der Waals surface area contributed by atoms with Gasteiger partial charge in [0.2, 0.25) is 5.91 Å². The molecule has 130 valence electrons. The summed E-state index contributed by atoms with van der Waals surface area (Å²) in [5.41, 5.74) is -0.161. The number of likely N-dealkylation sites (tertiary alicyclic amines) is 1. The van der Waals surface area contributed by atoms with Crippen LogP contribution in [0, 0.1) is 5.92 Å². The molecule has 1 N–H and O–H groups in total. The molecule has 6 heteroatoms. The van der Waals surface area contributed by atoms with E-state index in [1.54, 1.807) is 0 Å². The Morgan fingerprint density at radius 1 is 1.25 bits per heavy atom. The van der Waals surface area contributed by atoms with Gasteiger partial charge in [-0.05, 0) is 50.0 Å². The summed E-state index contributed by atoms with van der Waals surface area (Å²) >= 11 is 1.50. The van der Waals surface area contributed by atoms with E-state index >= 15 is 0 Å². The summed E-state index contributed by atoms with van der Waals surface area (Å²) in [7, 11) is 0. The maximum atomic E-state index is 12.5. The Hall–Kier alpha value is -1.40. The monoisotopic (exact) mass is 348 g/mol. The van der Waals surface area contributed by atoms with Gasteiger partial charge in [-0.3, -0.25) is 9.59 Å². The number of ether oxygens (including phenoxy) is 1. The third-order valence-corrected chi connectivity index (χ3v) is 6.34. The maximum Gasteiger partial charge on any atom is 0.263 e. The lowest BCUT2D eigenvalue weighted by Crippen LogP contribution is -2.54. The van der Waals surface area contributed by atoms with Crippen LogP contribution in [-0.2, 0) is 9.53 Å². The van der Waals surface area contributed by atoms with Crippen molar-refractivity contribution < 1.29 is 14.3 Å². The molecule has 1 aromatic heterocycles. The van der Waals surface area contributed by atoms with Gasteiger partial charge in [-0.2, -0.15) is 0 Å². The van der Waals surface area contributed by atoms with Crippen LogP contribution in [0.1, 0.15) is 48.2 Å². The number of thiophene rings is 1. The van der Waals surface area contributed by atoms with Crippen molar-refractivity contribution >= 4 is 23.2 Å². The first-order chi connectivity index (χ1) is 11.7. The van der Waals surface area contributed by atoms with E-state index < -0.39 is 0 Å². The second kappa shape index (κ2) is 6.48. The Morgan fingerprint density at radius 2 is 2.04 bits per heavy atom. The van der Waals surface area contributed by atoms with Gasteiger partial charge >= 0.3 is 0 Å². The highest BCUT2D eigenvalue weighted by atomic mass is 32.1. The van der Waals surface area contributed by atoms with Crippen LogP contribution in [-0.4, -0.2) is 48.1 Å². The third-order valence-electron chi connectivity index (χ3n) is 5.48. The second-order valence-electron chi connectivity index (χ2n) is 7.27. The van der Waals surface area contributed by atoms with Gasteiger partial charge in [0.25, 0.3) is 5.91 Å². The van der Waals surface area contributed by atoms with Crippen molar-refractivity contribution in [3.8, 4) is 0 Å². The second-order valence-corrected chi connectivity index (χ2v) is 8.22. The Bertz CT molecular complexity index is 604. The lowest BCUT2D eigenvalue weighted by Gasteiger charge is -2.46. The Balaban J connectivity index is 1.33. The van der Waals surface area contributed by atoms with Gasteiger partial charge in [-0.25, -0.2) is 0 Å². The minimum atomic E-state index is -0.161. The Labute approximate surface area is 146 Å². The molecule has 1 saturated carbocycles. The van der Waals surface area contributed by atoms with Gasteiger partial charge in [-0.15, -0.1) is 11.3 Å². The van der Waals surface area contributed by atoms with Crippen molar-refractivity contribution in [2.24, 2.45) is 5.92 Å². The molecule has 2 saturated heterocycles. The molecule has 0 unspecified atom stereocenters. The van der Waals surface area contributed by atoms with Crippen molar-refractivity contribution in [1.29, 1.82) is 0 Å². The zero-order valence-corrected chi connectivity index (χ0v) is 14.6. The van der Waals surface area contributed by atoms with Crippen LogP contribution in [0.3, 0.4) is 0 Å². The van der Waals surface area contributed by atoms with Gasteiger partial charge < -0.3 is 15.0 Å². The molecule has 1 atom stereocenters. The van der Waals surface area contributed by atoms with Crippen LogP contribution in [0.15, 0.2) is 17.5 Å². The summed E-state index contributed by atoms with van der Waals surface area (Å²) in [5.74, 6) is 0.616. The summed E-state index contributed by atoms with van der Waals surface area (Å²) in [5, 5.41) is 5.15. The number of nitrogens with zero attached hydrogens (tertiary/aromatic N) is 1. The molecular formula is C18H24N2O3S. The van der Waals surface area contributed by atoms with Crippen molar-refractivity contribution in [2.45, 2.75) is 50.2 Å². The van der Waals surface area contributed by atoms with E-state index in [1.807, 2.05) is 22.4 Å². The number of hydrogen-bond acceptors (Lipinski definition) is 4. The minimum Gasteiger partial charge on any atom is -0.375 e. The summed E-state index contributed by atoms with van der Waals surface area (Å²) in [6.45, 7) is 2.18. The largest absolute Gasteiger partial charge is 0.375 e. The molecule has 24 heavy (non-hydrogen) atoms. The van der Waals surface area contributed by atoms with Gasteiger partial charge in [-0.1, -0.05) is 6.07 Å². The number of nitrogens with one attached hydrogen (secondary N) is 1. The molecule has 3 heterocycles. The van der Waals surface area contributed by atoms with Gasteiger partial charge in [0.1, 0.15) is 0 Å². The van der Waals surface area contributed by atoms with Crippen LogP contribution in [0.2, 0.25) is 0 Å². The average Bonchev–Trinajstić information content (AvgIpc) is 3.30. The first kappa shape index (κ1) is 16.1. The van der Waals surface area contributed by atoms with E-state index in [0.717, 1.165) is 56.5 Å². The zero-order valence-electron chi connectivity index (χ0n) is 13.8. The SMILES string of the molecule is O=C(N[C@H]1CCOC2(CCN(C(=O)c3cccs3)CC2)C1)C1CC1. The maximum absolute atomic E-state index is 12.5. The fourth-order valence-electron chi connectivity index (χ4n) is 3.84. The molecule has 0 aromatic carbocycles. The molecule has 2 aliphatic heterocycles. The minimum absolute atomic E-state index is 0.134. The average molecular weight is 348 g/mol. The molecule has 1 aliphatic carbocycles. The summed E-state index contributed by atoms with van der Waals surface area (Å²) in [6.07, 6.45) is 5.59. The predicted molar refractivity (Wildman–Crippen MR) is 92.0 cm³/mol. The van der Waals surface area contributed by atoms with E-state index in [0.29, 0.717) is 6.61 Å². The first-order valence-corrected chi connectivity index (χ1v) is 9.80. The fourth-order valence-corrected chi connectivity index (χ4v) is 4.53. The lowest BCUT2D eigenvalue weighted by molar-refractivity contribution is -0.131. The van der Waals surface area contributed by atoms with Gasteiger partial charge in [0, 0.05) is 31.7 Å². The van der Waals surface area contributed by atoms with E-state index in [1.165, 1.54) is 11.3 Å². The van der Waals surface area contributed by atoms with Crippen LogP contribution in [0.4, 0.5) is 0 Å². The molecule has 4 rings (SSSR count). The van der Waals surface area contributed by atoms with Crippen molar-refractivity contribution in [3.63, 3.8) is 0 Å². The van der Waals surface area contributed by atoms with E-state index in [9.17, 15) is 9.59 Å². The number of carbonyl (C=O) groups excluding carboxylic acids is 2. The van der Waals surface area contributed by atoms with Gasteiger partial charge in [0.15, 0.2) is 0 Å². The first-order valence-electron chi connectivity index (χ1n) is 8.92. The highest BCUT2D eigenvalue weighted by Gasteiger charge is 2.42. The smallest absolute Gasteiger partial charge is 0.263 e. The molecule has 0 bridgehead atoms. The summed E-state index contributed by atoms with van der Waals surface area (Å²) in [6, 6.07) is 4.03.